The summed E-state index contributed by atoms with van der Waals surface area (Å²) in [7, 11) is -1.49. The van der Waals surface area contributed by atoms with Gasteiger partial charge in [-0.3, -0.25) is 0 Å². The summed E-state index contributed by atoms with van der Waals surface area (Å²) in [5, 5.41) is 3.00. The fraction of sp³-hybridized carbons (Fsp3) is 0.692. The van der Waals surface area contributed by atoms with Crippen molar-refractivity contribution in [3.05, 3.63) is 18.0 Å². The van der Waals surface area contributed by atoms with Crippen LogP contribution in [0.25, 0.3) is 0 Å². The molecule has 2 heterocycles. The molecule has 0 radical (unpaired) electrons. The average Bonchev–Trinajstić information content (AvgIpc) is 2.98. The van der Waals surface area contributed by atoms with Crippen LogP contribution in [0.15, 0.2) is 17.2 Å². The Morgan fingerprint density at radius 3 is 2.84 bits per heavy atom. The molecule has 19 heavy (non-hydrogen) atoms. The molecule has 0 saturated carbocycles. The van der Waals surface area contributed by atoms with Crippen molar-refractivity contribution >= 4 is 10.0 Å². The van der Waals surface area contributed by atoms with E-state index in [1.165, 1.54) is 0 Å². The fourth-order valence-electron chi connectivity index (χ4n) is 2.53. The number of hydrogen-bond acceptors (Lipinski definition) is 3. The van der Waals surface area contributed by atoms with E-state index in [-0.39, 0.29) is 0 Å². The second kappa shape index (κ2) is 5.64. The van der Waals surface area contributed by atoms with Crippen molar-refractivity contribution < 1.29 is 8.42 Å². The smallest absolute Gasteiger partial charge is 0.244 e. The predicted molar refractivity (Wildman–Crippen MR) is 75.3 cm³/mol. The molecule has 1 aromatic heterocycles. The van der Waals surface area contributed by atoms with Crippen LogP contribution in [-0.2, 0) is 16.6 Å². The lowest BCUT2D eigenvalue weighted by Gasteiger charge is -2.17. The monoisotopic (exact) mass is 285 g/mol. The van der Waals surface area contributed by atoms with E-state index >= 15 is 0 Å². The van der Waals surface area contributed by atoms with Gasteiger partial charge in [0.1, 0.15) is 0 Å². The molecule has 1 atom stereocenters. The first-order chi connectivity index (χ1) is 8.95. The molecular formula is C13H23N3O2S. The highest BCUT2D eigenvalue weighted by molar-refractivity contribution is 7.89. The van der Waals surface area contributed by atoms with Crippen LogP contribution in [-0.4, -0.2) is 37.8 Å². The zero-order chi connectivity index (χ0) is 14.0. The van der Waals surface area contributed by atoms with Gasteiger partial charge in [-0.1, -0.05) is 13.8 Å². The Balaban J connectivity index is 2.14. The summed E-state index contributed by atoms with van der Waals surface area (Å²) in [4.78, 5) is 3.38. The number of H-pyrrole nitrogens is 1. The molecule has 5 nitrogen and oxygen atoms in total. The number of sulfonamides is 1. The molecule has 1 aliphatic rings. The summed E-state index contributed by atoms with van der Waals surface area (Å²) in [6.45, 7) is 6.23. The molecule has 1 aliphatic heterocycles. The van der Waals surface area contributed by atoms with Gasteiger partial charge in [0.25, 0.3) is 0 Å². The molecule has 1 unspecified atom stereocenters. The molecule has 0 aromatic carbocycles. The van der Waals surface area contributed by atoms with E-state index in [2.05, 4.69) is 24.1 Å². The van der Waals surface area contributed by atoms with Gasteiger partial charge in [-0.2, -0.15) is 4.31 Å². The second-order valence-corrected chi connectivity index (χ2v) is 7.48. The molecule has 1 saturated heterocycles. The summed E-state index contributed by atoms with van der Waals surface area (Å²) in [6.07, 6.45) is 2.55. The summed E-state index contributed by atoms with van der Waals surface area (Å²) < 4.78 is 26.6. The van der Waals surface area contributed by atoms with E-state index < -0.39 is 10.0 Å². The highest BCUT2D eigenvalue weighted by Gasteiger charge is 2.34. The molecule has 6 heteroatoms. The zero-order valence-corrected chi connectivity index (χ0v) is 12.6. The van der Waals surface area contributed by atoms with E-state index in [1.54, 1.807) is 16.6 Å². The lowest BCUT2D eigenvalue weighted by Crippen LogP contribution is -2.29. The maximum atomic E-state index is 12.5. The number of nitrogens with zero attached hydrogens (tertiary/aromatic N) is 1. The third kappa shape index (κ3) is 3.01. The highest BCUT2D eigenvalue weighted by atomic mass is 32.2. The van der Waals surface area contributed by atoms with E-state index in [1.807, 2.05) is 7.05 Å². The SMILES string of the molecule is CNCc1cc(S(=O)(=O)N2CCC(C(C)C)C2)c[nH]1. The molecule has 0 spiro atoms. The zero-order valence-electron chi connectivity index (χ0n) is 11.8. The van der Waals surface area contributed by atoms with Gasteiger partial charge in [-0.15, -0.1) is 0 Å². The maximum Gasteiger partial charge on any atom is 0.244 e. The Morgan fingerprint density at radius 2 is 2.26 bits per heavy atom. The molecular weight excluding hydrogens is 262 g/mol. The molecule has 2 rings (SSSR count). The Morgan fingerprint density at radius 1 is 1.53 bits per heavy atom. The first-order valence-corrected chi connectivity index (χ1v) is 8.21. The standard InChI is InChI=1S/C13H23N3O2S/c1-10(2)11-4-5-16(9-11)19(17,18)13-6-12(7-14-3)15-8-13/h6,8,10-11,14-15H,4-5,7,9H2,1-3H3. The normalized spacial score (nSPS) is 21.4. The molecule has 1 fully saturated rings. The van der Waals surface area contributed by atoms with E-state index in [0.717, 1.165) is 12.1 Å². The van der Waals surface area contributed by atoms with Crippen LogP contribution in [0.5, 0.6) is 0 Å². The largest absolute Gasteiger partial charge is 0.363 e. The minimum Gasteiger partial charge on any atom is -0.363 e. The van der Waals surface area contributed by atoms with Crippen LogP contribution in [0.4, 0.5) is 0 Å². The average molecular weight is 285 g/mol. The van der Waals surface area contributed by atoms with E-state index in [4.69, 9.17) is 0 Å². The van der Waals surface area contributed by atoms with Gasteiger partial charge in [0.05, 0.1) is 4.90 Å². The predicted octanol–water partition coefficient (Wildman–Crippen LogP) is 1.40. The molecule has 2 N–H and O–H groups in total. The van der Waals surface area contributed by atoms with Gasteiger partial charge >= 0.3 is 0 Å². The van der Waals surface area contributed by atoms with Crippen molar-refractivity contribution in [2.45, 2.75) is 31.7 Å². The first kappa shape index (κ1) is 14.6. The van der Waals surface area contributed by atoms with Crippen molar-refractivity contribution in [2.24, 2.45) is 11.8 Å². The van der Waals surface area contributed by atoms with Crippen molar-refractivity contribution in [2.75, 3.05) is 20.1 Å². The summed E-state index contributed by atoms with van der Waals surface area (Å²) in [6, 6.07) is 1.72. The Labute approximate surface area is 115 Å². The summed E-state index contributed by atoms with van der Waals surface area (Å²) in [5.74, 6) is 1.01. The molecule has 0 bridgehead atoms. The molecule has 0 aliphatic carbocycles. The van der Waals surface area contributed by atoms with E-state index in [0.29, 0.717) is 36.4 Å². The third-order valence-electron chi connectivity index (χ3n) is 3.85. The number of nitrogens with one attached hydrogen (secondary N) is 2. The third-order valence-corrected chi connectivity index (χ3v) is 5.69. The number of aromatic amines is 1. The second-order valence-electron chi connectivity index (χ2n) is 5.55. The topological polar surface area (TPSA) is 65.2 Å². The van der Waals surface area contributed by atoms with Gasteiger partial charge in [-0.25, -0.2) is 8.42 Å². The van der Waals surface area contributed by atoms with Crippen LogP contribution >= 0.6 is 0 Å². The lowest BCUT2D eigenvalue weighted by atomic mass is 9.96. The van der Waals surface area contributed by atoms with Crippen LogP contribution < -0.4 is 5.32 Å². The first-order valence-electron chi connectivity index (χ1n) is 6.77. The molecule has 108 valence electrons. The lowest BCUT2D eigenvalue weighted by molar-refractivity contribution is 0.388. The quantitative estimate of drug-likeness (QED) is 0.859. The van der Waals surface area contributed by atoms with Crippen molar-refractivity contribution in [1.29, 1.82) is 0 Å². The summed E-state index contributed by atoms with van der Waals surface area (Å²) >= 11 is 0. The van der Waals surface area contributed by atoms with Crippen molar-refractivity contribution in [3.8, 4) is 0 Å². The minimum atomic E-state index is -3.33. The molecule has 0 amide bonds. The van der Waals surface area contributed by atoms with Gasteiger partial charge in [0, 0.05) is 31.5 Å². The van der Waals surface area contributed by atoms with Crippen LogP contribution in [0, 0.1) is 11.8 Å². The Hall–Kier alpha value is -0.850. The Bertz CT molecular complexity index is 522. The van der Waals surface area contributed by atoms with Gasteiger partial charge in [0.2, 0.25) is 10.0 Å². The van der Waals surface area contributed by atoms with Crippen molar-refractivity contribution in [1.82, 2.24) is 14.6 Å². The van der Waals surface area contributed by atoms with Crippen LogP contribution in [0.2, 0.25) is 0 Å². The minimum absolute atomic E-state index is 0.377. The highest BCUT2D eigenvalue weighted by Crippen LogP contribution is 2.28. The Kier molecular flexibility index (Phi) is 4.32. The van der Waals surface area contributed by atoms with Gasteiger partial charge in [0.15, 0.2) is 0 Å². The van der Waals surface area contributed by atoms with Crippen LogP contribution in [0.1, 0.15) is 26.0 Å². The van der Waals surface area contributed by atoms with Gasteiger partial charge in [-0.05, 0) is 31.4 Å². The summed E-state index contributed by atoms with van der Waals surface area (Å²) in [5.41, 5.74) is 0.890. The van der Waals surface area contributed by atoms with E-state index in [9.17, 15) is 8.42 Å². The fourth-order valence-corrected chi connectivity index (χ4v) is 4.06. The maximum absolute atomic E-state index is 12.5. The molecule has 1 aromatic rings. The number of rotatable bonds is 5. The number of aromatic nitrogens is 1. The van der Waals surface area contributed by atoms with Gasteiger partial charge < -0.3 is 10.3 Å². The van der Waals surface area contributed by atoms with Crippen molar-refractivity contribution in [3.63, 3.8) is 0 Å². The van der Waals surface area contributed by atoms with Crippen LogP contribution in [0.3, 0.4) is 0 Å². The number of hydrogen-bond donors (Lipinski definition) is 2.